The van der Waals surface area contributed by atoms with E-state index in [0.717, 1.165) is 38.6 Å². The number of aromatic nitrogens is 3. The van der Waals surface area contributed by atoms with Gasteiger partial charge >= 0.3 is 0 Å². The molecule has 7 heteroatoms. The molecule has 0 saturated heterocycles. The van der Waals surface area contributed by atoms with E-state index >= 15 is 0 Å². The molecule has 4 aromatic rings. The lowest BCUT2D eigenvalue weighted by Gasteiger charge is -2.21. The highest BCUT2D eigenvalue weighted by molar-refractivity contribution is 8.00. The molecule has 158 valence electrons. The van der Waals surface area contributed by atoms with Crippen molar-refractivity contribution in [1.29, 1.82) is 0 Å². The zero-order chi connectivity index (χ0) is 21.4. The quantitative estimate of drug-likeness (QED) is 0.301. The molecule has 1 aliphatic carbocycles. The maximum atomic E-state index is 12.4. The molecule has 1 aliphatic rings. The topological polar surface area (TPSA) is 67.8 Å². The monoisotopic (exact) mass is 448 g/mol. The Hall–Kier alpha value is -2.51. The zero-order valence-corrected chi connectivity index (χ0v) is 19.3. The second-order valence-electron chi connectivity index (χ2n) is 8.16. The molecule has 3 aromatic heterocycles. The summed E-state index contributed by atoms with van der Waals surface area (Å²) < 4.78 is 1.04. The fourth-order valence-electron chi connectivity index (χ4n) is 4.30. The number of hydrogen-bond donors (Lipinski definition) is 1. The van der Waals surface area contributed by atoms with Gasteiger partial charge in [0.1, 0.15) is 16.2 Å². The number of carbonyl (C=O) groups is 1. The summed E-state index contributed by atoms with van der Waals surface area (Å²) in [6.45, 7) is 4.45. The van der Waals surface area contributed by atoms with E-state index in [9.17, 15) is 4.79 Å². The van der Waals surface area contributed by atoms with Crippen molar-refractivity contribution in [2.24, 2.45) is 0 Å². The molecule has 5 rings (SSSR count). The number of pyridine rings is 1. The molecule has 5 nitrogen and oxygen atoms in total. The minimum Gasteiger partial charge on any atom is -0.325 e. The molecule has 0 aliphatic heterocycles. The third kappa shape index (κ3) is 3.92. The van der Waals surface area contributed by atoms with Crippen LogP contribution in [0.1, 0.15) is 49.4 Å². The standard InChI is InChI=1S/C24H24N4OS2/c1-14(2)20-17-11-7-6-10-16(17)19-21-22(31-23(19)28-20)24(26-13-25-21)30-12-18(29)27-15-8-4-3-5-9-15/h3-5,8-9,13-14H,6-7,10-12H2,1-2H3,(H,27,29). The molecular formula is C24H24N4OS2. The minimum absolute atomic E-state index is 0.0401. The number of aryl methyl sites for hydroxylation is 1. The van der Waals surface area contributed by atoms with E-state index in [1.165, 1.54) is 46.8 Å². The van der Waals surface area contributed by atoms with Crippen LogP contribution in [0, 0.1) is 0 Å². The van der Waals surface area contributed by atoms with Gasteiger partial charge in [-0.05, 0) is 54.9 Å². The molecule has 0 radical (unpaired) electrons. The summed E-state index contributed by atoms with van der Waals surface area (Å²) in [5.74, 6) is 0.669. The number of fused-ring (bicyclic) bond motifs is 5. The van der Waals surface area contributed by atoms with E-state index in [0.29, 0.717) is 11.7 Å². The van der Waals surface area contributed by atoms with Crippen LogP contribution in [-0.2, 0) is 17.6 Å². The average molecular weight is 449 g/mol. The number of amides is 1. The van der Waals surface area contributed by atoms with Gasteiger partial charge in [0.2, 0.25) is 5.91 Å². The van der Waals surface area contributed by atoms with Gasteiger partial charge in [0.05, 0.1) is 16.0 Å². The van der Waals surface area contributed by atoms with Crippen LogP contribution in [0.4, 0.5) is 5.69 Å². The van der Waals surface area contributed by atoms with Crippen molar-refractivity contribution in [2.75, 3.05) is 11.1 Å². The van der Waals surface area contributed by atoms with Crippen molar-refractivity contribution >= 4 is 55.1 Å². The Kier molecular flexibility index (Phi) is 5.63. The summed E-state index contributed by atoms with van der Waals surface area (Å²) >= 11 is 3.12. The molecule has 0 spiro atoms. The Morgan fingerprint density at radius 1 is 1.13 bits per heavy atom. The van der Waals surface area contributed by atoms with Crippen LogP contribution in [0.25, 0.3) is 20.4 Å². The number of rotatable bonds is 5. The van der Waals surface area contributed by atoms with Crippen molar-refractivity contribution in [2.45, 2.75) is 50.5 Å². The number of benzene rings is 1. The van der Waals surface area contributed by atoms with Crippen LogP contribution >= 0.6 is 23.1 Å². The van der Waals surface area contributed by atoms with Crippen LogP contribution in [0.15, 0.2) is 41.7 Å². The largest absolute Gasteiger partial charge is 0.325 e. The highest BCUT2D eigenvalue weighted by Crippen LogP contribution is 2.42. The van der Waals surface area contributed by atoms with E-state index < -0.39 is 0 Å². The van der Waals surface area contributed by atoms with Crippen molar-refractivity contribution in [3.8, 4) is 0 Å². The predicted molar refractivity (Wildman–Crippen MR) is 129 cm³/mol. The number of anilines is 1. The van der Waals surface area contributed by atoms with Gasteiger partial charge in [0.15, 0.2) is 0 Å². The van der Waals surface area contributed by atoms with E-state index in [4.69, 9.17) is 4.98 Å². The SMILES string of the molecule is CC(C)c1nc2sc3c(SCC(=O)Nc4ccccc4)ncnc3c2c2c1CCCC2. The molecule has 1 amide bonds. The molecule has 1 aromatic carbocycles. The Bertz CT molecular complexity index is 1270. The van der Waals surface area contributed by atoms with Gasteiger partial charge in [-0.15, -0.1) is 11.3 Å². The molecule has 0 fully saturated rings. The third-order valence-corrected chi connectivity index (χ3v) is 7.86. The highest BCUT2D eigenvalue weighted by atomic mass is 32.2. The maximum Gasteiger partial charge on any atom is 0.234 e. The average Bonchev–Trinajstić information content (AvgIpc) is 3.17. The summed E-state index contributed by atoms with van der Waals surface area (Å²) in [5, 5.41) is 4.99. The fourth-order valence-corrected chi connectivity index (χ4v) is 6.34. The van der Waals surface area contributed by atoms with Crippen LogP contribution in [0.3, 0.4) is 0 Å². The number of thioether (sulfide) groups is 1. The van der Waals surface area contributed by atoms with E-state index in [2.05, 4.69) is 29.1 Å². The number of para-hydroxylation sites is 1. The van der Waals surface area contributed by atoms with Crippen molar-refractivity contribution in [3.05, 3.63) is 53.5 Å². The van der Waals surface area contributed by atoms with Gasteiger partial charge in [0.25, 0.3) is 0 Å². The van der Waals surface area contributed by atoms with Crippen molar-refractivity contribution in [3.63, 3.8) is 0 Å². The normalized spacial score (nSPS) is 13.6. The lowest BCUT2D eigenvalue weighted by atomic mass is 9.86. The fraction of sp³-hybridized carbons (Fsp3) is 0.333. The summed E-state index contributed by atoms with van der Waals surface area (Å²) in [7, 11) is 0. The summed E-state index contributed by atoms with van der Waals surface area (Å²) in [6, 6.07) is 9.53. The second-order valence-corrected chi connectivity index (χ2v) is 10.1. The van der Waals surface area contributed by atoms with Crippen LogP contribution < -0.4 is 5.32 Å². The molecule has 3 heterocycles. The van der Waals surface area contributed by atoms with Gasteiger partial charge in [-0.1, -0.05) is 43.8 Å². The number of thiophene rings is 1. The summed E-state index contributed by atoms with van der Waals surface area (Å²) in [5.41, 5.74) is 5.89. The predicted octanol–water partition coefficient (Wildman–Crippen LogP) is 5.97. The lowest BCUT2D eigenvalue weighted by Crippen LogP contribution is -2.13. The summed E-state index contributed by atoms with van der Waals surface area (Å²) in [6.07, 6.45) is 6.26. The first-order valence-corrected chi connectivity index (χ1v) is 12.5. The van der Waals surface area contributed by atoms with E-state index in [1.54, 1.807) is 17.7 Å². The highest BCUT2D eigenvalue weighted by Gasteiger charge is 2.24. The smallest absolute Gasteiger partial charge is 0.234 e. The molecule has 0 saturated carbocycles. The lowest BCUT2D eigenvalue weighted by molar-refractivity contribution is -0.113. The Labute approximate surface area is 189 Å². The van der Waals surface area contributed by atoms with Crippen molar-refractivity contribution < 1.29 is 4.79 Å². The van der Waals surface area contributed by atoms with Gasteiger partial charge < -0.3 is 5.32 Å². The first-order valence-electron chi connectivity index (χ1n) is 10.7. The van der Waals surface area contributed by atoms with Gasteiger partial charge in [-0.2, -0.15) is 0 Å². The molecule has 1 N–H and O–H groups in total. The van der Waals surface area contributed by atoms with E-state index in [1.807, 2.05) is 30.3 Å². The maximum absolute atomic E-state index is 12.4. The van der Waals surface area contributed by atoms with E-state index in [-0.39, 0.29) is 5.91 Å². The molecule has 0 atom stereocenters. The number of nitrogens with zero attached hydrogens (tertiary/aromatic N) is 3. The molecular weight excluding hydrogens is 424 g/mol. The minimum atomic E-state index is -0.0401. The molecule has 0 bridgehead atoms. The van der Waals surface area contributed by atoms with Crippen molar-refractivity contribution in [1.82, 2.24) is 15.0 Å². The third-order valence-electron chi connectivity index (χ3n) is 5.67. The summed E-state index contributed by atoms with van der Waals surface area (Å²) in [4.78, 5) is 27.7. The second kappa shape index (κ2) is 8.55. The van der Waals surface area contributed by atoms with Gasteiger partial charge in [0, 0.05) is 16.8 Å². The Morgan fingerprint density at radius 2 is 1.90 bits per heavy atom. The number of hydrogen-bond acceptors (Lipinski definition) is 6. The first kappa shape index (κ1) is 20.4. The van der Waals surface area contributed by atoms with Crippen LogP contribution in [-0.4, -0.2) is 26.6 Å². The first-order chi connectivity index (χ1) is 15.1. The zero-order valence-electron chi connectivity index (χ0n) is 17.6. The van der Waals surface area contributed by atoms with Crippen LogP contribution in [0.5, 0.6) is 0 Å². The number of nitrogens with one attached hydrogen (secondary N) is 1. The van der Waals surface area contributed by atoms with Gasteiger partial charge in [-0.25, -0.2) is 15.0 Å². The number of carbonyl (C=O) groups excluding carboxylic acids is 1. The Morgan fingerprint density at radius 3 is 2.68 bits per heavy atom. The molecule has 31 heavy (non-hydrogen) atoms. The molecule has 0 unspecified atom stereocenters. The van der Waals surface area contributed by atoms with Crippen LogP contribution in [0.2, 0.25) is 0 Å². The van der Waals surface area contributed by atoms with Gasteiger partial charge in [-0.3, -0.25) is 4.79 Å². The Balaban J connectivity index is 1.50.